The van der Waals surface area contributed by atoms with Gasteiger partial charge in [0.05, 0.1) is 18.4 Å². The first kappa shape index (κ1) is 19.0. The second-order valence-electron chi connectivity index (χ2n) is 6.54. The van der Waals surface area contributed by atoms with Gasteiger partial charge in [0.25, 0.3) is 0 Å². The zero-order valence-electron chi connectivity index (χ0n) is 15.6. The topological polar surface area (TPSA) is 105 Å². The predicted molar refractivity (Wildman–Crippen MR) is 101 cm³/mol. The quantitative estimate of drug-likeness (QED) is 0.614. The number of nitrogens with zero attached hydrogens (tertiary/aromatic N) is 5. The van der Waals surface area contributed by atoms with Crippen molar-refractivity contribution in [3.63, 3.8) is 0 Å². The van der Waals surface area contributed by atoms with E-state index in [0.717, 1.165) is 0 Å². The molecule has 0 saturated heterocycles. The van der Waals surface area contributed by atoms with Crippen molar-refractivity contribution in [1.29, 1.82) is 0 Å². The fraction of sp³-hybridized carbons (Fsp3) is 0.263. The lowest BCUT2D eigenvalue weighted by molar-refractivity contribution is -0.121. The number of hydrogen-bond acceptors (Lipinski definition) is 7. The highest BCUT2D eigenvalue weighted by Gasteiger charge is 2.32. The molecule has 150 valence electrons. The Balaban J connectivity index is 1.48. The van der Waals surface area contributed by atoms with Crippen molar-refractivity contribution in [3.05, 3.63) is 66.1 Å². The van der Waals surface area contributed by atoms with Crippen molar-refractivity contribution in [2.24, 2.45) is 0 Å². The first-order chi connectivity index (χ1) is 14.0. The highest BCUT2D eigenvalue weighted by Crippen LogP contribution is 2.27. The molecule has 0 fully saturated rings. The molecule has 2 N–H and O–H groups in total. The van der Waals surface area contributed by atoms with Crippen LogP contribution in [0.25, 0.3) is 0 Å². The van der Waals surface area contributed by atoms with E-state index in [2.05, 4.69) is 20.4 Å². The van der Waals surface area contributed by atoms with Gasteiger partial charge >= 0.3 is 0 Å². The first-order valence-electron chi connectivity index (χ1n) is 8.95. The van der Waals surface area contributed by atoms with Crippen LogP contribution in [-0.2, 0) is 11.3 Å². The number of nitrogens with one attached hydrogen (secondary N) is 1. The number of carbonyl (C=O) groups is 1. The highest BCUT2D eigenvalue weighted by molar-refractivity contribution is 5.97. The third-order valence-corrected chi connectivity index (χ3v) is 4.51. The van der Waals surface area contributed by atoms with E-state index < -0.39 is 18.1 Å². The minimum atomic E-state index is -1.50. The number of amides is 1. The van der Waals surface area contributed by atoms with Gasteiger partial charge in [-0.25, -0.2) is 9.37 Å². The minimum absolute atomic E-state index is 0.0464. The van der Waals surface area contributed by atoms with Gasteiger partial charge in [-0.2, -0.15) is 5.10 Å². The molecule has 0 radical (unpaired) electrons. The molecule has 2 atom stereocenters. The number of ether oxygens (including phenoxy) is 1. The molecule has 1 aliphatic heterocycles. The number of anilines is 1. The third kappa shape index (κ3) is 3.93. The van der Waals surface area contributed by atoms with E-state index in [-0.39, 0.29) is 24.8 Å². The van der Waals surface area contributed by atoms with Gasteiger partial charge in [0.1, 0.15) is 18.3 Å². The van der Waals surface area contributed by atoms with Crippen LogP contribution in [0.15, 0.2) is 48.9 Å². The van der Waals surface area contributed by atoms with Crippen LogP contribution in [0.2, 0.25) is 0 Å². The van der Waals surface area contributed by atoms with Gasteiger partial charge in [-0.05, 0) is 24.3 Å². The molecule has 0 aliphatic carbocycles. The molecule has 3 aromatic rings. The number of aromatic nitrogens is 4. The van der Waals surface area contributed by atoms with Crippen LogP contribution < -0.4 is 15.0 Å². The molecule has 1 amide bonds. The molecule has 10 heteroatoms. The zero-order valence-corrected chi connectivity index (χ0v) is 15.6. The predicted octanol–water partition coefficient (Wildman–Crippen LogP) is 0.865. The average Bonchev–Trinajstić information content (AvgIpc) is 3.05. The van der Waals surface area contributed by atoms with Gasteiger partial charge in [0, 0.05) is 19.4 Å². The second-order valence-corrected chi connectivity index (χ2v) is 6.54. The van der Waals surface area contributed by atoms with Crippen molar-refractivity contribution in [1.82, 2.24) is 25.1 Å². The number of rotatable bonds is 5. The summed E-state index contributed by atoms with van der Waals surface area (Å²) in [4.78, 5) is 22.4. The molecule has 29 heavy (non-hydrogen) atoms. The second kappa shape index (κ2) is 7.94. The Morgan fingerprint density at radius 1 is 1.31 bits per heavy atom. The van der Waals surface area contributed by atoms with E-state index in [9.17, 15) is 14.3 Å². The number of halogens is 1. The van der Waals surface area contributed by atoms with E-state index in [4.69, 9.17) is 4.74 Å². The summed E-state index contributed by atoms with van der Waals surface area (Å²) in [6, 6.07) is 7.87. The van der Waals surface area contributed by atoms with Gasteiger partial charge in [0.2, 0.25) is 5.91 Å². The maximum Gasteiger partial charge on any atom is 0.248 e. The number of likely N-dealkylation sites (N-methyl/N-ethyl adjacent to an activating group) is 1. The molecule has 9 nitrogen and oxygen atoms in total. The fourth-order valence-corrected chi connectivity index (χ4v) is 3.05. The SMILES string of the molecule is CN1C(=O)[C@@H](NC(O)c2nn(Cc3ccccn3)cc2F)COc2cccnc21. The number of hydrogen-bond donors (Lipinski definition) is 2. The van der Waals surface area contributed by atoms with E-state index in [1.807, 2.05) is 6.07 Å². The Hall–Kier alpha value is -3.37. The molecule has 0 spiro atoms. The Morgan fingerprint density at radius 3 is 2.93 bits per heavy atom. The molecule has 1 aliphatic rings. The van der Waals surface area contributed by atoms with Crippen molar-refractivity contribution < 1.29 is 19.0 Å². The zero-order chi connectivity index (χ0) is 20.4. The Kier molecular flexibility index (Phi) is 5.19. The van der Waals surface area contributed by atoms with Crippen LogP contribution >= 0.6 is 0 Å². The van der Waals surface area contributed by atoms with Crippen LogP contribution in [0, 0.1) is 5.82 Å². The molecule has 0 saturated carbocycles. The summed E-state index contributed by atoms with van der Waals surface area (Å²) in [6.07, 6.45) is 2.86. The van der Waals surface area contributed by atoms with E-state index >= 15 is 0 Å². The summed E-state index contributed by atoms with van der Waals surface area (Å²) < 4.78 is 21.3. The minimum Gasteiger partial charge on any atom is -0.488 e. The average molecular weight is 398 g/mol. The van der Waals surface area contributed by atoms with Crippen LogP contribution in [0.5, 0.6) is 5.75 Å². The molecular formula is C19H19FN6O3. The van der Waals surface area contributed by atoms with Crippen molar-refractivity contribution >= 4 is 11.7 Å². The van der Waals surface area contributed by atoms with Crippen LogP contribution in [0.4, 0.5) is 10.2 Å². The molecule has 1 unspecified atom stereocenters. The van der Waals surface area contributed by atoms with Gasteiger partial charge in [-0.3, -0.25) is 24.7 Å². The monoisotopic (exact) mass is 398 g/mol. The Bertz CT molecular complexity index is 1010. The van der Waals surface area contributed by atoms with E-state index in [0.29, 0.717) is 17.3 Å². The number of aliphatic hydroxyl groups is 1. The third-order valence-electron chi connectivity index (χ3n) is 4.51. The van der Waals surface area contributed by atoms with Gasteiger partial charge in [-0.1, -0.05) is 6.07 Å². The maximum absolute atomic E-state index is 14.3. The molecule has 0 aromatic carbocycles. The van der Waals surface area contributed by atoms with Gasteiger partial charge < -0.3 is 9.84 Å². The molecule has 4 heterocycles. The number of fused-ring (bicyclic) bond motifs is 1. The normalized spacial score (nSPS) is 17.4. The van der Waals surface area contributed by atoms with Crippen LogP contribution in [0.1, 0.15) is 17.6 Å². The standard InChI is InChI=1S/C19H19FN6O3/c1-25-17-15(6-4-8-22-17)29-11-14(19(25)28)23-18(27)16-13(20)10-26(24-16)9-12-5-2-3-7-21-12/h2-8,10,14,18,23,27H,9,11H2,1H3/t14-,18?/m0/s1. The molecular weight excluding hydrogens is 379 g/mol. The van der Waals surface area contributed by atoms with Crippen LogP contribution in [-0.4, -0.2) is 50.5 Å². The molecule has 3 aromatic heterocycles. The van der Waals surface area contributed by atoms with Crippen molar-refractivity contribution in [2.45, 2.75) is 18.8 Å². The number of aliphatic hydroxyl groups excluding tert-OH is 1. The van der Waals surface area contributed by atoms with E-state index in [1.165, 1.54) is 15.8 Å². The first-order valence-corrected chi connectivity index (χ1v) is 8.95. The fourth-order valence-electron chi connectivity index (χ4n) is 3.05. The largest absolute Gasteiger partial charge is 0.488 e. The number of carbonyl (C=O) groups excluding carboxylic acids is 1. The Morgan fingerprint density at radius 2 is 2.14 bits per heavy atom. The van der Waals surface area contributed by atoms with Crippen LogP contribution in [0.3, 0.4) is 0 Å². The lowest BCUT2D eigenvalue weighted by Crippen LogP contribution is -2.48. The Labute approximate surface area is 165 Å². The lowest BCUT2D eigenvalue weighted by Gasteiger charge is -2.21. The summed E-state index contributed by atoms with van der Waals surface area (Å²) in [5.41, 5.74) is 0.486. The molecule has 4 rings (SSSR count). The van der Waals surface area contributed by atoms with Gasteiger partial charge in [-0.15, -0.1) is 0 Å². The van der Waals surface area contributed by atoms with Gasteiger partial charge in [0.15, 0.2) is 23.6 Å². The number of pyridine rings is 2. The molecule has 0 bridgehead atoms. The smallest absolute Gasteiger partial charge is 0.248 e. The van der Waals surface area contributed by atoms with E-state index in [1.54, 1.807) is 43.7 Å². The lowest BCUT2D eigenvalue weighted by atomic mass is 10.2. The summed E-state index contributed by atoms with van der Waals surface area (Å²) in [7, 11) is 1.56. The summed E-state index contributed by atoms with van der Waals surface area (Å²) in [6.45, 7) is 0.203. The summed E-state index contributed by atoms with van der Waals surface area (Å²) in [5.74, 6) is -0.230. The van der Waals surface area contributed by atoms with Crippen molar-refractivity contribution in [2.75, 3.05) is 18.6 Å². The van der Waals surface area contributed by atoms with Crippen molar-refractivity contribution in [3.8, 4) is 5.75 Å². The maximum atomic E-state index is 14.3. The highest BCUT2D eigenvalue weighted by atomic mass is 19.1. The summed E-state index contributed by atoms with van der Waals surface area (Å²) >= 11 is 0. The summed E-state index contributed by atoms with van der Waals surface area (Å²) in [5, 5.41) is 17.2.